The van der Waals surface area contributed by atoms with Gasteiger partial charge in [0.15, 0.2) is 9.84 Å². The zero-order chi connectivity index (χ0) is 24.6. The number of hydrogen-bond acceptors (Lipinski definition) is 6. The molecule has 0 bridgehead atoms. The Morgan fingerprint density at radius 3 is 2.44 bits per heavy atom. The summed E-state index contributed by atoms with van der Waals surface area (Å²) in [5, 5.41) is 2.69. The molecule has 1 N–H and O–H groups in total. The van der Waals surface area contributed by atoms with Crippen LogP contribution in [0, 0.1) is 0 Å². The zero-order valence-corrected chi connectivity index (χ0v) is 19.3. The maximum absolute atomic E-state index is 12.2. The number of ether oxygens (including phenoxy) is 2. The van der Waals surface area contributed by atoms with E-state index in [1.165, 1.54) is 10.9 Å². The Bertz CT molecular complexity index is 1180. The van der Waals surface area contributed by atoms with Crippen molar-refractivity contribution in [2.24, 2.45) is 0 Å². The summed E-state index contributed by atoms with van der Waals surface area (Å²) in [7, 11) is -3.23. The standard InChI is InChI=1S/C23H25F2N3O5S/c1-34(30,31)20-10-4-17(5-11-20)15-33-19-8-6-18(7-9-19)21-14-28(16-27-21)23(29)26-12-2-3-13-32-22(24)25/h4-11,14,16,22H,2-3,12-13,15H2,1H3,(H,26,29). The van der Waals surface area contributed by atoms with Crippen molar-refractivity contribution in [3.05, 3.63) is 66.6 Å². The maximum Gasteiger partial charge on any atom is 0.345 e. The molecule has 0 aliphatic rings. The minimum atomic E-state index is -3.23. The number of imidazole rings is 1. The molecule has 3 rings (SSSR count). The van der Waals surface area contributed by atoms with Crippen molar-refractivity contribution < 1.29 is 31.5 Å². The molecule has 182 valence electrons. The van der Waals surface area contributed by atoms with E-state index >= 15 is 0 Å². The van der Waals surface area contributed by atoms with Gasteiger partial charge in [-0.25, -0.2) is 18.2 Å². The molecule has 11 heteroatoms. The zero-order valence-electron chi connectivity index (χ0n) is 18.5. The molecule has 1 aromatic heterocycles. The van der Waals surface area contributed by atoms with Crippen LogP contribution in [0.1, 0.15) is 18.4 Å². The molecule has 0 spiro atoms. The molecule has 1 amide bonds. The Kier molecular flexibility index (Phi) is 8.72. The number of benzene rings is 2. The number of halogens is 2. The molecule has 0 unspecified atom stereocenters. The molecule has 0 radical (unpaired) electrons. The first kappa shape index (κ1) is 25.3. The third kappa shape index (κ3) is 7.63. The van der Waals surface area contributed by atoms with Crippen molar-refractivity contribution in [2.45, 2.75) is 31.0 Å². The van der Waals surface area contributed by atoms with Gasteiger partial charge in [-0.2, -0.15) is 8.78 Å². The summed E-state index contributed by atoms with van der Waals surface area (Å²) in [5.74, 6) is 0.629. The molecule has 34 heavy (non-hydrogen) atoms. The van der Waals surface area contributed by atoms with Crippen molar-refractivity contribution in [1.29, 1.82) is 0 Å². The van der Waals surface area contributed by atoms with Crippen LogP contribution >= 0.6 is 0 Å². The first-order valence-electron chi connectivity index (χ1n) is 10.5. The minimum absolute atomic E-state index is 0.0576. The molecular formula is C23H25F2N3O5S. The molecule has 3 aromatic rings. The highest BCUT2D eigenvalue weighted by Gasteiger charge is 2.09. The maximum atomic E-state index is 12.2. The van der Waals surface area contributed by atoms with Crippen molar-refractivity contribution in [3.63, 3.8) is 0 Å². The highest BCUT2D eigenvalue weighted by Crippen LogP contribution is 2.22. The SMILES string of the molecule is CS(=O)(=O)c1ccc(COc2ccc(-c3cn(C(=O)NCCCCOC(F)F)cn3)cc2)cc1. The van der Waals surface area contributed by atoms with Crippen LogP contribution in [0.4, 0.5) is 13.6 Å². The Morgan fingerprint density at radius 1 is 1.09 bits per heavy atom. The summed E-state index contributed by atoms with van der Waals surface area (Å²) in [6.45, 7) is -2.22. The largest absolute Gasteiger partial charge is 0.489 e. The van der Waals surface area contributed by atoms with E-state index < -0.39 is 16.4 Å². The van der Waals surface area contributed by atoms with E-state index in [0.717, 1.165) is 17.4 Å². The third-order valence-corrected chi connectivity index (χ3v) is 5.94. The summed E-state index contributed by atoms with van der Waals surface area (Å²) in [6, 6.07) is 13.3. The fourth-order valence-corrected chi connectivity index (χ4v) is 3.62. The van der Waals surface area contributed by atoms with Crippen molar-refractivity contribution in [1.82, 2.24) is 14.9 Å². The van der Waals surface area contributed by atoms with Gasteiger partial charge in [-0.3, -0.25) is 4.57 Å². The van der Waals surface area contributed by atoms with Crippen molar-refractivity contribution in [2.75, 3.05) is 19.4 Å². The van der Waals surface area contributed by atoms with Gasteiger partial charge in [-0.15, -0.1) is 0 Å². The number of hydrogen-bond donors (Lipinski definition) is 1. The van der Waals surface area contributed by atoms with Crippen LogP contribution in [0.5, 0.6) is 5.75 Å². The van der Waals surface area contributed by atoms with E-state index in [-0.39, 0.29) is 24.1 Å². The molecule has 0 aliphatic heterocycles. The first-order valence-corrected chi connectivity index (χ1v) is 12.4. The predicted octanol–water partition coefficient (Wildman–Crippen LogP) is 4.11. The van der Waals surface area contributed by atoms with Crippen LogP contribution in [0.25, 0.3) is 11.3 Å². The average molecular weight is 494 g/mol. The summed E-state index contributed by atoms with van der Waals surface area (Å²) >= 11 is 0. The monoisotopic (exact) mass is 493 g/mol. The summed E-state index contributed by atoms with van der Waals surface area (Å²) < 4.78 is 58.0. The topological polar surface area (TPSA) is 99.5 Å². The Balaban J connectivity index is 1.48. The van der Waals surface area contributed by atoms with Crippen LogP contribution in [0.15, 0.2) is 66.0 Å². The van der Waals surface area contributed by atoms with E-state index in [1.54, 1.807) is 42.6 Å². The van der Waals surface area contributed by atoms with Gasteiger partial charge in [-0.1, -0.05) is 12.1 Å². The Hall–Kier alpha value is -3.31. The number of amides is 1. The second-order valence-corrected chi connectivity index (χ2v) is 9.48. The van der Waals surface area contributed by atoms with E-state index in [4.69, 9.17) is 4.74 Å². The number of rotatable bonds is 11. The molecule has 1 heterocycles. The number of carbonyl (C=O) groups is 1. The number of nitrogens with one attached hydrogen (secondary N) is 1. The van der Waals surface area contributed by atoms with Gasteiger partial charge in [0, 0.05) is 24.6 Å². The second-order valence-electron chi connectivity index (χ2n) is 7.47. The molecule has 0 fully saturated rings. The number of aromatic nitrogens is 2. The van der Waals surface area contributed by atoms with E-state index in [1.807, 2.05) is 12.1 Å². The smallest absolute Gasteiger partial charge is 0.345 e. The summed E-state index contributed by atoms with van der Waals surface area (Å²) in [5.41, 5.74) is 2.23. The number of carbonyl (C=O) groups excluding carboxylic acids is 1. The van der Waals surface area contributed by atoms with Gasteiger partial charge in [0.2, 0.25) is 0 Å². The minimum Gasteiger partial charge on any atom is -0.489 e. The number of unbranched alkanes of at least 4 members (excludes halogenated alkanes) is 1. The summed E-state index contributed by atoms with van der Waals surface area (Å²) in [6.07, 6.45) is 5.08. The molecule has 2 aromatic carbocycles. The highest BCUT2D eigenvalue weighted by molar-refractivity contribution is 7.90. The summed E-state index contributed by atoms with van der Waals surface area (Å²) in [4.78, 5) is 16.7. The lowest BCUT2D eigenvalue weighted by molar-refractivity contribution is -0.129. The fourth-order valence-electron chi connectivity index (χ4n) is 2.99. The normalized spacial score (nSPS) is 11.5. The lowest BCUT2D eigenvalue weighted by Gasteiger charge is -2.08. The lowest BCUT2D eigenvalue weighted by atomic mass is 10.1. The van der Waals surface area contributed by atoms with Gasteiger partial charge >= 0.3 is 12.6 Å². The Labute approximate surface area is 196 Å². The number of nitrogens with zero attached hydrogens (tertiary/aromatic N) is 2. The average Bonchev–Trinajstić information content (AvgIpc) is 3.30. The van der Waals surface area contributed by atoms with Gasteiger partial charge in [0.1, 0.15) is 18.7 Å². The second kappa shape index (κ2) is 11.7. The molecule has 0 saturated carbocycles. The van der Waals surface area contributed by atoms with Gasteiger partial charge in [0.25, 0.3) is 0 Å². The molecule has 0 aliphatic carbocycles. The van der Waals surface area contributed by atoms with E-state index in [9.17, 15) is 22.0 Å². The Morgan fingerprint density at radius 2 is 1.79 bits per heavy atom. The number of sulfone groups is 1. The van der Waals surface area contributed by atoms with Crippen LogP contribution < -0.4 is 10.1 Å². The number of alkyl halides is 2. The lowest BCUT2D eigenvalue weighted by Crippen LogP contribution is -2.28. The van der Waals surface area contributed by atoms with Crippen molar-refractivity contribution >= 4 is 15.9 Å². The first-order chi connectivity index (χ1) is 16.2. The van der Waals surface area contributed by atoms with E-state index in [0.29, 0.717) is 30.8 Å². The molecular weight excluding hydrogens is 468 g/mol. The quantitative estimate of drug-likeness (QED) is 0.404. The van der Waals surface area contributed by atoms with Crippen LogP contribution in [0.2, 0.25) is 0 Å². The predicted molar refractivity (Wildman–Crippen MR) is 122 cm³/mol. The van der Waals surface area contributed by atoms with Crippen molar-refractivity contribution in [3.8, 4) is 17.0 Å². The van der Waals surface area contributed by atoms with Crippen LogP contribution in [0.3, 0.4) is 0 Å². The fraction of sp³-hybridized carbons (Fsp3) is 0.304. The van der Waals surface area contributed by atoms with Crippen LogP contribution in [-0.2, 0) is 21.2 Å². The molecule has 0 saturated heterocycles. The molecule has 8 nitrogen and oxygen atoms in total. The van der Waals surface area contributed by atoms with E-state index in [2.05, 4.69) is 15.0 Å². The van der Waals surface area contributed by atoms with Crippen LogP contribution in [-0.4, -0.2) is 50.0 Å². The van der Waals surface area contributed by atoms with Gasteiger partial charge < -0.3 is 14.8 Å². The highest BCUT2D eigenvalue weighted by atomic mass is 32.2. The molecule has 0 atom stereocenters. The third-order valence-electron chi connectivity index (χ3n) is 4.82. The van der Waals surface area contributed by atoms with Gasteiger partial charge in [0.05, 0.1) is 17.2 Å². The van der Waals surface area contributed by atoms with Gasteiger partial charge in [-0.05, 0) is 54.8 Å².